The molecule has 0 aliphatic carbocycles. The number of halogens is 1. The molecule has 2 heterocycles. The summed E-state index contributed by atoms with van der Waals surface area (Å²) in [5.74, 6) is 4.42. The van der Waals surface area contributed by atoms with Crippen LogP contribution in [0.5, 0.6) is 5.75 Å². The first kappa shape index (κ1) is 34.9. The van der Waals surface area contributed by atoms with E-state index in [4.69, 9.17) is 14.2 Å². The molecular weight excluding hydrogens is 650 g/mol. The Labute approximate surface area is 271 Å². The smallest absolute Gasteiger partial charge is 0.411 e. The largest absolute Gasteiger partial charge is 0.496 e. The Balaban J connectivity index is 1.85. The minimum absolute atomic E-state index is 0.0550. The fraction of sp³-hybridized carbons (Fsp3) is 0.500. The van der Waals surface area contributed by atoms with Gasteiger partial charge in [0.15, 0.2) is 6.04 Å². The van der Waals surface area contributed by atoms with Gasteiger partial charge in [-0.05, 0) is 98.6 Å². The molecule has 0 saturated carbocycles. The van der Waals surface area contributed by atoms with Crippen LogP contribution >= 0.6 is 27.3 Å². The van der Waals surface area contributed by atoms with Crippen LogP contribution in [0.3, 0.4) is 0 Å². The van der Waals surface area contributed by atoms with E-state index in [2.05, 4.69) is 27.8 Å². The number of hydrogen-bond acceptors (Lipinski definition) is 8. The third-order valence-corrected chi connectivity index (χ3v) is 8.15. The number of nitrogens with zero attached hydrogens (tertiary/aromatic N) is 3. The molecule has 1 aromatic heterocycles. The predicted octanol–water partition coefficient (Wildman–Crippen LogP) is 5.03. The molecule has 3 amide bonds. The van der Waals surface area contributed by atoms with Gasteiger partial charge in [0.1, 0.15) is 11.4 Å². The van der Waals surface area contributed by atoms with E-state index in [1.54, 1.807) is 54.7 Å². The molecule has 0 N–H and O–H groups in total. The maximum Gasteiger partial charge on any atom is 0.411 e. The molecule has 1 atom stereocenters. The number of thiophene rings is 1. The topological polar surface area (TPSA) is 106 Å². The predicted molar refractivity (Wildman–Crippen MR) is 171 cm³/mol. The van der Waals surface area contributed by atoms with E-state index < -0.39 is 35.5 Å². The first-order valence-electron chi connectivity index (χ1n) is 14.4. The molecule has 1 aliphatic rings. The molecule has 10 nitrogen and oxygen atoms in total. The van der Waals surface area contributed by atoms with Gasteiger partial charge in [0, 0.05) is 25.7 Å². The quantitative estimate of drug-likeness (QED) is 0.217. The molecule has 1 unspecified atom stereocenters. The Morgan fingerprint density at radius 1 is 1.18 bits per heavy atom. The number of benzene rings is 1. The van der Waals surface area contributed by atoms with Gasteiger partial charge < -0.3 is 24.0 Å². The standard InChI is InChI=1S/C32H40BrN3O7S/c1-8-42-30(39)27-24-20-25(33)26(41-7)19-22(24)13-15-36(27)29(38)28(37)35(21(2)3)17-16-34(31(40)43-32(4,5)6)14-9-11-23-12-10-18-44-23/h10,12,18-21,27H,8,13-17H2,1-7H3. The van der Waals surface area contributed by atoms with Crippen molar-refractivity contribution in [1.82, 2.24) is 14.7 Å². The first-order chi connectivity index (χ1) is 20.8. The van der Waals surface area contributed by atoms with Crippen LogP contribution in [-0.4, -0.2) is 90.1 Å². The highest BCUT2D eigenvalue weighted by molar-refractivity contribution is 9.10. The molecule has 3 rings (SSSR count). The number of fused-ring (bicyclic) bond motifs is 1. The molecule has 238 valence electrons. The molecule has 12 heteroatoms. The number of methoxy groups -OCH3 is 1. The van der Waals surface area contributed by atoms with Crippen LogP contribution < -0.4 is 4.74 Å². The Morgan fingerprint density at radius 2 is 1.91 bits per heavy atom. The highest BCUT2D eigenvalue weighted by Crippen LogP contribution is 2.37. The lowest BCUT2D eigenvalue weighted by Crippen LogP contribution is -2.53. The van der Waals surface area contributed by atoms with Crippen molar-refractivity contribution in [2.45, 2.75) is 65.6 Å². The van der Waals surface area contributed by atoms with Gasteiger partial charge in [-0.1, -0.05) is 17.9 Å². The molecule has 0 bridgehead atoms. The van der Waals surface area contributed by atoms with Gasteiger partial charge in [0.25, 0.3) is 0 Å². The van der Waals surface area contributed by atoms with Crippen LogP contribution in [0.4, 0.5) is 4.79 Å². The first-order valence-corrected chi connectivity index (χ1v) is 16.1. The van der Waals surface area contributed by atoms with E-state index in [9.17, 15) is 19.2 Å². The Morgan fingerprint density at radius 3 is 2.50 bits per heavy atom. The zero-order valence-corrected chi connectivity index (χ0v) is 28.7. The van der Waals surface area contributed by atoms with Gasteiger partial charge in [-0.2, -0.15) is 0 Å². The number of rotatable bonds is 8. The molecule has 0 spiro atoms. The molecular formula is C32H40BrN3O7S. The maximum absolute atomic E-state index is 13.8. The number of carbonyl (C=O) groups is 4. The summed E-state index contributed by atoms with van der Waals surface area (Å²) in [6.07, 6.45) is -0.151. The highest BCUT2D eigenvalue weighted by atomic mass is 79.9. The number of amides is 3. The minimum atomic E-state index is -1.10. The van der Waals surface area contributed by atoms with E-state index in [0.717, 1.165) is 10.4 Å². The van der Waals surface area contributed by atoms with Crippen LogP contribution in [0.25, 0.3) is 0 Å². The number of esters is 1. The number of ether oxygens (including phenoxy) is 3. The van der Waals surface area contributed by atoms with Gasteiger partial charge in [-0.15, -0.1) is 11.3 Å². The van der Waals surface area contributed by atoms with Crippen LogP contribution in [0.15, 0.2) is 34.1 Å². The lowest BCUT2D eigenvalue weighted by Gasteiger charge is -2.37. The Hall–Kier alpha value is -3.56. The summed E-state index contributed by atoms with van der Waals surface area (Å²) in [5, 5.41) is 1.92. The maximum atomic E-state index is 13.8. The Kier molecular flexibility index (Phi) is 12.3. The normalized spacial score (nSPS) is 14.2. The highest BCUT2D eigenvalue weighted by Gasteiger charge is 2.41. The van der Waals surface area contributed by atoms with Crippen LogP contribution in [0, 0.1) is 11.8 Å². The van der Waals surface area contributed by atoms with Crippen molar-refractivity contribution in [2.24, 2.45) is 0 Å². The van der Waals surface area contributed by atoms with Gasteiger partial charge >= 0.3 is 23.9 Å². The average molecular weight is 691 g/mol. The van der Waals surface area contributed by atoms with Crippen LogP contribution in [0.2, 0.25) is 0 Å². The average Bonchev–Trinajstić information content (AvgIpc) is 3.47. The second kappa shape index (κ2) is 15.4. The van der Waals surface area contributed by atoms with Gasteiger partial charge in [0.2, 0.25) is 0 Å². The fourth-order valence-corrected chi connectivity index (χ4v) is 5.79. The van der Waals surface area contributed by atoms with Crippen molar-refractivity contribution in [3.8, 4) is 17.6 Å². The molecule has 1 aromatic carbocycles. The molecule has 1 aliphatic heterocycles. The van der Waals surface area contributed by atoms with E-state index in [-0.39, 0.29) is 38.8 Å². The van der Waals surface area contributed by atoms with Crippen molar-refractivity contribution in [3.63, 3.8) is 0 Å². The van der Waals surface area contributed by atoms with Gasteiger partial charge in [0.05, 0.1) is 29.6 Å². The molecule has 0 radical (unpaired) electrons. The van der Waals surface area contributed by atoms with Gasteiger partial charge in [-0.3, -0.25) is 14.5 Å². The fourth-order valence-electron chi connectivity index (χ4n) is 4.67. The summed E-state index contributed by atoms with van der Waals surface area (Å²) in [5.41, 5.74) is 0.670. The second-order valence-corrected chi connectivity index (χ2v) is 13.2. The lowest BCUT2D eigenvalue weighted by atomic mass is 9.92. The van der Waals surface area contributed by atoms with Crippen molar-refractivity contribution in [3.05, 3.63) is 50.1 Å². The van der Waals surface area contributed by atoms with E-state index >= 15 is 0 Å². The van der Waals surface area contributed by atoms with Crippen molar-refractivity contribution in [1.29, 1.82) is 0 Å². The monoisotopic (exact) mass is 689 g/mol. The summed E-state index contributed by atoms with van der Waals surface area (Å²) in [7, 11) is 1.55. The zero-order valence-electron chi connectivity index (χ0n) is 26.3. The number of hydrogen-bond donors (Lipinski definition) is 0. The Bertz CT molecular complexity index is 1410. The second-order valence-electron chi connectivity index (χ2n) is 11.4. The van der Waals surface area contributed by atoms with Crippen LogP contribution in [-0.2, 0) is 30.3 Å². The SMILES string of the molecule is CCOC(=O)C1c2cc(Br)c(OC)cc2CCN1C(=O)C(=O)N(CCN(CC#Cc1cccs1)C(=O)OC(C)(C)C)C(C)C. The number of carbonyl (C=O) groups excluding carboxylic acids is 4. The summed E-state index contributed by atoms with van der Waals surface area (Å²) < 4.78 is 16.9. The van der Waals surface area contributed by atoms with E-state index in [0.29, 0.717) is 22.2 Å². The lowest BCUT2D eigenvalue weighted by molar-refractivity contribution is -0.161. The van der Waals surface area contributed by atoms with Gasteiger partial charge in [-0.25, -0.2) is 9.59 Å². The van der Waals surface area contributed by atoms with Crippen LogP contribution in [0.1, 0.15) is 63.6 Å². The summed E-state index contributed by atoms with van der Waals surface area (Å²) in [6.45, 7) is 11.1. The van der Waals surface area contributed by atoms with Crippen molar-refractivity contribution >= 4 is 51.1 Å². The molecule has 0 saturated heterocycles. The third kappa shape index (κ3) is 8.99. The molecule has 2 aromatic rings. The summed E-state index contributed by atoms with van der Waals surface area (Å²) >= 11 is 4.96. The summed E-state index contributed by atoms with van der Waals surface area (Å²) in [4.78, 5) is 58.8. The van der Waals surface area contributed by atoms with Crippen molar-refractivity contribution < 1.29 is 33.4 Å². The van der Waals surface area contributed by atoms with E-state index in [1.165, 1.54) is 26.0 Å². The third-order valence-electron chi connectivity index (χ3n) is 6.75. The van der Waals surface area contributed by atoms with E-state index in [1.807, 2.05) is 23.6 Å². The minimum Gasteiger partial charge on any atom is -0.496 e. The molecule has 44 heavy (non-hydrogen) atoms. The molecule has 0 fully saturated rings. The van der Waals surface area contributed by atoms with Crippen molar-refractivity contribution in [2.75, 3.05) is 39.9 Å². The summed E-state index contributed by atoms with van der Waals surface area (Å²) in [6, 6.07) is 5.86. The zero-order chi connectivity index (χ0) is 32.6.